The van der Waals surface area contributed by atoms with Gasteiger partial charge < -0.3 is 24.0 Å². The summed E-state index contributed by atoms with van der Waals surface area (Å²) in [6.07, 6.45) is -0.875. The Morgan fingerprint density at radius 3 is 2.47 bits per heavy atom. The lowest BCUT2D eigenvalue weighted by Crippen LogP contribution is -2.50. The van der Waals surface area contributed by atoms with Gasteiger partial charge in [-0.1, -0.05) is 35.9 Å². The molecule has 1 heterocycles. The van der Waals surface area contributed by atoms with E-state index in [2.05, 4.69) is 0 Å². The molecule has 3 rings (SSSR count). The van der Waals surface area contributed by atoms with Gasteiger partial charge in [0.25, 0.3) is 0 Å². The number of amides is 2. The van der Waals surface area contributed by atoms with Crippen molar-refractivity contribution in [2.24, 2.45) is 5.92 Å². The van der Waals surface area contributed by atoms with E-state index in [1.54, 1.807) is 30.1 Å². The third-order valence-electron chi connectivity index (χ3n) is 5.40. The van der Waals surface area contributed by atoms with Crippen molar-refractivity contribution >= 4 is 34.8 Å². The largest absolute Gasteiger partial charge is 0.379 e. The quantitative estimate of drug-likeness (QED) is 0.304. The molecule has 0 aliphatic carbocycles. The van der Waals surface area contributed by atoms with Crippen LogP contribution < -0.4 is 9.80 Å². The minimum Gasteiger partial charge on any atom is -0.379 e. The van der Waals surface area contributed by atoms with Gasteiger partial charge in [-0.2, -0.15) is 0 Å². The highest BCUT2D eigenvalue weighted by Gasteiger charge is 2.47. The van der Waals surface area contributed by atoms with E-state index < -0.39 is 12.0 Å². The van der Waals surface area contributed by atoms with Gasteiger partial charge in [0.05, 0.1) is 18.9 Å². The van der Waals surface area contributed by atoms with Crippen molar-refractivity contribution < 1.29 is 23.8 Å². The van der Waals surface area contributed by atoms with E-state index in [0.717, 1.165) is 0 Å². The van der Waals surface area contributed by atoms with E-state index in [0.29, 0.717) is 48.3 Å². The van der Waals surface area contributed by atoms with Crippen molar-refractivity contribution in [3.05, 3.63) is 59.1 Å². The third kappa shape index (κ3) is 5.13. The number of nitrogens with zero attached hydrogens (tertiary/aromatic N) is 2. The molecule has 0 aromatic heterocycles. The van der Waals surface area contributed by atoms with E-state index in [-0.39, 0.29) is 18.6 Å². The number of anilines is 2. The van der Waals surface area contributed by atoms with Gasteiger partial charge in [-0.25, -0.2) is 0 Å². The molecule has 2 amide bonds. The molecule has 2 unspecified atom stereocenters. The molecule has 0 radical (unpaired) electrons. The fraction of sp³-hybridized carbons (Fsp3) is 0.417. The smallest absolute Gasteiger partial charge is 0.242 e. The predicted octanol–water partition coefficient (Wildman–Crippen LogP) is 4.05. The maximum atomic E-state index is 13.7. The monoisotopic (exact) mass is 460 g/mol. The Kier molecular flexibility index (Phi) is 8.64. The lowest BCUT2D eigenvalue weighted by atomic mass is 9.87. The number of carbonyl (C=O) groups is 2. The summed E-state index contributed by atoms with van der Waals surface area (Å²) in [5, 5.41) is 0.432. The molecule has 0 saturated carbocycles. The Hall–Kier alpha value is -2.45. The van der Waals surface area contributed by atoms with E-state index in [1.807, 2.05) is 44.2 Å². The minimum absolute atomic E-state index is 0.0966. The lowest BCUT2D eigenvalue weighted by Gasteiger charge is -2.39. The number of fused-ring (bicyclic) bond motifs is 1. The number of para-hydroxylation sites is 1. The van der Waals surface area contributed by atoms with E-state index >= 15 is 0 Å². The summed E-state index contributed by atoms with van der Waals surface area (Å²) in [6, 6.07) is 14.6. The normalized spacial score (nSPS) is 17.9. The molecule has 2 atom stereocenters. The van der Waals surface area contributed by atoms with Crippen LogP contribution in [0.3, 0.4) is 0 Å². The van der Waals surface area contributed by atoms with Gasteiger partial charge in [0, 0.05) is 36.5 Å². The molecule has 2 aromatic carbocycles. The molecule has 8 heteroatoms. The van der Waals surface area contributed by atoms with Gasteiger partial charge in [-0.05, 0) is 38.1 Å². The first-order chi connectivity index (χ1) is 15.5. The van der Waals surface area contributed by atoms with Crippen molar-refractivity contribution in [1.29, 1.82) is 0 Å². The zero-order valence-electron chi connectivity index (χ0n) is 18.6. The van der Waals surface area contributed by atoms with Crippen molar-refractivity contribution in [2.45, 2.75) is 20.0 Å². The van der Waals surface area contributed by atoms with Crippen molar-refractivity contribution in [3.63, 3.8) is 0 Å². The molecule has 0 bridgehead atoms. The zero-order valence-corrected chi connectivity index (χ0v) is 19.4. The summed E-state index contributed by atoms with van der Waals surface area (Å²) >= 11 is 6.53. The Morgan fingerprint density at radius 1 is 1.06 bits per heavy atom. The molecule has 0 N–H and O–H groups in total. The molecule has 1 aliphatic heterocycles. The predicted molar refractivity (Wildman–Crippen MR) is 124 cm³/mol. The first-order valence-electron chi connectivity index (χ1n) is 10.7. The molecule has 32 heavy (non-hydrogen) atoms. The Balaban J connectivity index is 1.93. The summed E-state index contributed by atoms with van der Waals surface area (Å²) in [5.41, 5.74) is 1.94. The van der Waals surface area contributed by atoms with E-state index in [4.69, 9.17) is 25.8 Å². The van der Waals surface area contributed by atoms with Gasteiger partial charge in [0.2, 0.25) is 11.8 Å². The van der Waals surface area contributed by atoms with Crippen LogP contribution in [0.5, 0.6) is 0 Å². The van der Waals surface area contributed by atoms with E-state index in [1.165, 1.54) is 4.90 Å². The number of hydrogen-bond acceptors (Lipinski definition) is 5. The number of benzene rings is 2. The zero-order chi connectivity index (χ0) is 23.1. The first-order valence-corrected chi connectivity index (χ1v) is 11.1. The second-order valence-corrected chi connectivity index (χ2v) is 7.68. The molecule has 0 fully saturated rings. The molecule has 1 aliphatic rings. The maximum absolute atomic E-state index is 13.7. The standard InChI is InChI=1S/C24H29ClN2O5/c1-4-27(17-10-7-6-8-11-17)24(29)21-22(32-16-31-15-14-30-5-2)20-18(25)12-9-13-19(20)26(3)23(21)28/h6-13,21-22H,4-5,14-16H2,1-3H3. The number of ether oxygens (including phenoxy) is 3. The minimum atomic E-state index is -1.09. The Bertz CT molecular complexity index is 924. The van der Waals surface area contributed by atoms with Crippen LogP contribution in [0.15, 0.2) is 48.5 Å². The lowest BCUT2D eigenvalue weighted by molar-refractivity contribution is -0.151. The highest BCUT2D eigenvalue weighted by atomic mass is 35.5. The van der Waals surface area contributed by atoms with Crippen LogP contribution in [0.1, 0.15) is 25.5 Å². The number of rotatable bonds is 10. The Labute approximate surface area is 193 Å². The highest BCUT2D eigenvalue weighted by Crippen LogP contribution is 2.44. The fourth-order valence-corrected chi connectivity index (χ4v) is 4.10. The second-order valence-electron chi connectivity index (χ2n) is 7.28. The van der Waals surface area contributed by atoms with E-state index in [9.17, 15) is 9.59 Å². The number of carbonyl (C=O) groups excluding carboxylic acids is 2. The van der Waals surface area contributed by atoms with Crippen molar-refractivity contribution in [3.8, 4) is 0 Å². The molecule has 2 aromatic rings. The SMILES string of the molecule is CCOCCOCOC1c2c(Cl)cccc2N(C)C(=O)C1C(=O)N(CC)c1ccccc1. The summed E-state index contributed by atoms with van der Waals surface area (Å²) < 4.78 is 16.8. The summed E-state index contributed by atoms with van der Waals surface area (Å²) in [7, 11) is 1.64. The third-order valence-corrected chi connectivity index (χ3v) is 5.73. The molecule has 0 saturated heterocycles. The highest BCUT2D eigenvalue weighted by molar-refractivity contribution is 6.32. The van der Waals surface area contributed by atoms with Crippen LogP contribution in [-0.2, 0) is 23.8 Å². The molecular formula is C24H29ClN2O5. The van der Waals surface area contributed by atoms with Crippen LogP contribution in [0.4, 0.5) is 11.4 Å². The summed E-state index contributed by atoms with van der Waals surface area (Å²) in [5.74, 6) is -1.79. The molecule has 0 spiro atoms. The molecular weight excluding hydrogens is 432 g/mol. The van der Waals surface area contributed by atoms with Gasteiger partial charge in [-0.3, -0.25) is 9.59 Å². The van der Waals surface area contributed by atoms with Crippen LogP contribution in [0.25, 0.3) is 0 Å². The fourth-order valence-electron chi connectivity index (χ4n) is 3.82. The average Bonchev–Trinajstić information content (AvgIpc) is 2.80. The Morgan fingerprint density at radius 2 is 1.78 bits per heavy atom. The van der Waals surface area contributed by atoms with Gasteiger partial charge >= 0.3 is 0 Å². The van der Waals surface area contributed by atoms with Gasteiger partial charge in [0.15, 0.2) is 0 Å². The van der Waals surface area contributed by atoms with Crippen LogP contribution in [0, 0.1) is 5.92 Å². The van der Waals surface area contributed by atoms with Gasteiger partial charge in [-0.15, -0.1) is 0 Å². The molecule has 7 nitrogen and oxygen atoms in total. The second kappa shape index (κ2) is 11.4. The number of halogens is 1. The van der Waals surface area contributed by atoms with Gasteiger partial charge in [0.1, 0.15) is 18.8 Å². The topological polar surface area (TPSA) is 68.3 Å². The van der Waals surface area contributed by atoms with Crippen LogP contribution in [-0.4, -0.2) is 52.0 Å². The van der Waals surface area contributed by atoms with Crippen molar-refractivity contribution in [2.75, 3.05) is 50.0 Å². The first kappa shape index (κ1) is 24.2. The van der Waals surface area contributed by atoms with Crippen LogP contribution >= 0.6 is 11.6 Å². The number of hydrogen-bond donors (Lipinski definition) is 0. The maximum Gasteiger partial charge on any atom is 0.242 e. The van der Waals surface area contributed by atoms with Crippen LogP contribution in [0.2, 0.25) is 5.02 Å². The summed E-state index contributed by atoms with van der Waals surface area (Å²) in [4.78, 5) is 30.1. The summed E-state index contributed by atoms with van der Waals surface area (Å²) in [6.45, 7) is 5.46. The van der Waals surface area contributed by atoms with Crippen molar-refractivity contribution in [1.82, 2.24) is 0 Å². The molecule has 172 valence electrons. The average molecular weight is 461 g/mol.